The molecule has 0 radical (unpaired) electrons. The second-order valence-corrected chi connectivity index (χ2v) is 5.49. The van der Waals surface area contributed by atoms with Gasteiger partial charge >= 0.3 is 0 Å². The molecule has 0 amide bonds. The van der Waals surface area contributed by atoms with Crippen LogP contribution in [0.4, 0.5) is 0 Å². The van der Waals surface area contributed by atoms with Crippen LogP contribution in [0.2, 0.25) is 0 Å². The molecule has 0 saturated heterocycles. The Morgan fingerprint density at radius 3 is 2.12 bits per heavy atom. The Bertz CT molecular complexity index is 356. The third kappa shape index (κ3) is 1.89. The van der Waals surface area contributed by atoms with E-state index in [-0.39, 0.29) is 0 Å². The Kier molecular flexibility index (Phi) is 2.51. The van der Waals surface area contributed by atoms with Crippen molar-refractivity contribution in [2.45, 2.75) is 56.5 Å². The van der Waals surface area contributed by atoms with Gasteiger partial charge in [0.05, 0.1) is 5.60 Å². The van der Waals surface area contributed by atoms with Crippen LogP contribution >= 0.6 is 0 Å². The molecule has 2 aliphatic rings. The predicted octanol–water partition coefficient (Wildman–Crippen LogP) is 3.72. The molecule has 1 N–H and O–H groups in total. The molecular formula is C15H20O. The molecule has 0 unspecified atom stereocenters. The van der Waals surface area contributed by atoms with E-state index in [9.17, 15) is 5.11 Å². The van der Waals surface area contributed by atoms with Gasteiger partial charge in [-0.15, -0.1) is 0 Å². The van der Waals surface area contributed by atoms with E-state index in [0.717, 1.165) is 24.3 Å². The van der Waals surface area contributed by atoms with E-state index in [1.807, 2.05) is 0 Å². The summed E-state index contributed by atoms with van der Waals surface area (Å²) in [6.45, 7) is 0. The first-order chi connectivity index (χ1) is 7.78. The molecule has 2 saturated carbocycles. The van der Waals surface area contributed by atoms with Crippen molar-refractivity contribution in [2.75, 3.05) is 0 Å². The van der Waals surface area contributed by atoms with E-state index < -0.39 is 5.60 Å². The van der Waals surface area contributed by atoms with Gasteiger partial charge in [-0.3, -0.25) is 0 Å². The monoisotopic (exact) mass is 216 g/mol. The molecule has 1 aromatic carbocycles. The minimum absolute atomic E-state index is 0.467. The second-order valence-electron chi connectivity index (χ2n) is 5.49. The average Bonchev–Trinajstić information content (AvgIpc) is 3.10. The summed E-state index contributed by atoms with van der Waals surface area (Å²) in [7, 11) is 0. The van der Waals surface area contributed by atoms with Crippen LogP contribution in [-0.2, 0) is 5.60 Å². The van der Waals surface area contributed by atoms with Crippen molar-refractivity contribution in [1.82, 2.24) is 0 Å². The summed E-state index contributed by atoms with van der Waals surface area (Å²) in [6.07, 6.45) is 8.76. The molecule has 0 spiro atoms. The van der Waals surface area contributed by atoms with Gasteiger partial charge in [-0.25, -0.2) is 0 Å². The van der Waals surface area contributed by atoms with E-state index >= 15 is 0 Å². The fourth-order valence-electron chi connectivity index (χ4n) is 2.91. The lowest BCUT2D eigenvalue weighted by Gasteiger charge is -2.22. The molecule has 0 atom stereocenters. The molecule has 2 fully saturated rings. The van der Waals surface area contributed by atoms with Crippen molar-refractivity contribution in [2.24, 2.45) is 0 Å². The van der Waals surface area contributed by atoms with E-state index in [1.54, 1.807) is 0 Å². The molecule has 86 valence electrons. The quantitative estimate of drug-likeness (QED) is 0.799. The summed E-state index contributed by atoms with van der Waals surface area (Å²) >= 11 is 0. The molecule has 0 heterocycles. The standard InChI is InChI=1S/C15H20O/c16-15(10-11-15)14-8-6-13(7-9-14)12-4-2-1-3-5-12/h6-9,12,16H,1-5,10-11H2. The Morgan fingerprint density at radius 2 is 1.56 bits per heavy atom. The van der Waals surface area contributed by atoms with Crippen LogP contribution in [0.15, 0.2) is 24.3 Å². The first kappa shape index (κ1) is 10.3. The van der Waals surface area contributed by atoms with E-state index in [1.165, 1.54) is 37.7 Å². The minimum atomic E-state index is -0.467. The first-order valence-electron chi connectivity index (χ1n) is 6.61. The number of rotatable bonds is 2. The van der Waals surface area contributed by atoms with Crippen LogP contribution in [-0.4, -0.2) is 5.11 Å². The smallest absolute Gasteiger partial charge is 0.0899 e. The lowest BCUT2D eigenvalue weighted by atomic mass is 9.84. The van der Waals surface area contributed by atoms with Crippen molar-refractivity contribution in [3.8, 4) is 0 Å². The zero-order valence-electron chi connectivity index (χ0n) is 9.78. The third-order valence-electron chi connectivity index (χ3n) is 4.25. The fraction of sp³-hybridized carbons (Fsp3) is 0.600. The van der Waals surface area contributed by atoms with Crippen LogP contribution in [0, 0.1) is 0 Å². The van der Waals surface area contributed by atoms with Crippen LogP contribution < -0.4 is 0 Å². The lowest BCUT2D eigenvalue weighted by molar-refractivity contribution is 0.151. The molecular weight excluding hydrogens is 196 g/mol. The summed E-state index contributed by atoms with van der Waals surface area (Å²) in [6, 6.07) is 8.75. The molecule has 0 aromatic heterocycles. The average molecular weight is 216 g/mol. The highest BCUT2D eigenvalue weighted by molar-refractivity contribution is 5.32. The van der Waals surface area contributed by atoms with Gasteiger partial charge in [-0.05, 0) is 42.7 Å². The van der Waals surface area contributed by atoms with Gasteiger partial charge in [0, 0.05) is 0 Å². The summed E-state index contributed by atoms with van der Waals surface area (Å²) in [5.74, 6) is 0.775. The van der Waals surface area contributed by atoms with Crippen LogP contribution in [0.5, 0.6) is 0 Å². The highest BCUT2D eigenvalue weighted by atomic mass is 16.3. The zero-order valence-corrected chi connectivity index (χ0v) is 9.78. The van der Waals surface area contributed by atoms with Gasteiger partial charge < -0.3 is 5.11 Å². The normalized spacial score (nSPS) is 24.3. The molecule has 1 nitrogen and oxygen atoms in total. The molecule has 0 bridgehead atoms. The fourth-order valence-corrected chi connectivity index (χ4v) is 2.91. The van der Waals surface area contributed by atoms with E-state index in [2.05, 4.69) is 24.3 Å². The van der Waals surface area contributed by atoms with Gasteiger partial charge in [0.25, 0.3) is 0 Å². The summed E-state index contributed by atoms with van der Waals surface area (Å²) in [5.41, 5.74) is 2.13. The van der Waals surface area contributed by atoms with Crippen molar-refractivity contribution >= 4 is 0 Å². The Labute approximate surface area is 97.5 Å². The molecule has 0 aliphatic heterocycles. The molecule has 1 aromatic rings. The molecule has 3 rings (SSSR count). The van der Waals surface area contributed by atoms with Crippen LogP contribution in [0.3, 0.4) is 0 Å². The van der Waals surface area contributed by atoms with E-state index in [4.69, 9.17) is 0 Å². The first-order valence-corrected chi connectivity index (χ1v) is 6.61. The van der Waals surface area contributed by atoms with E-state index in [0.29, 0.717) is 0 Å². The second kappa shape index (κ2) is 3.89. The van der Waals surface area contributed by atoms with Crippen LogP contribution in [0.1, 0.15) is 62.0 Å². The van der Waals surface area contributed by atoms with Crippen LogP contribution in [0.25, 0.3) is 0 Å². The Morgan fingerprint density at radius 1 is 0.938 bits per heavy atom. The zero-order chi connectivity index (χ0) is 11.0. The summed E-state index contributed by atoms with van der Waals surface area (Å²) < 4.78 is 0. The number of hydrogen-bond donors (Lipinski definition) is 1. The SMILES string of the molecule is OC1(c2ccc(C3CCCCC3)cc2)CC1. The Hall–Kier alpha value is -0.820. The predicted molar refractivity (Wildman–Crippen MR) is 65.4 cm³/mol. The van der Waals surface area contributed by atoms with Gasteiger partial charge in [-0.2, -0.15) is 0 Å². The third-order valence-corrected chi connectivity index (χ3v) is 4.25. The number of benzene rings is 1. The maximum Gasteiger partial charge on any atom is 0.0899 e. The van der Waals surface area contributed by atoms with Gasteiger partial charge in [0.15, 0.2) is 0 Å². The highest BCUT2D eigenvalue weighted by Gasteiger charge is 2.41. The number of hydrogen-bond acceptors (Lipinski definition) is 1. The van der Waals surface area contributed by atoms with Gasteiger partial charge in [-0.1, -0.05) is 43.5 Å². The van der Waals surface area contributed by atoms with Crippen molar-refractivity contribution in [3.63, 3.8) is 0 Å². The number of aliphatic hydroxyl groups is 1. The topological polar surface area (TPSA) is 20.2 Å². The minimum Gasteiger partial charge on any atom is -0.385 e. The van der Waals surface area contributed by atoms with Crippen molar-refractivity contribution in [3.05, 3.63) is 35.4 Å². The van der Waals surface area contributed by atoms with Gasteiger partial charge in [0.1, 0.15) is 0 Å². The summed E-state index contributed by atoms with van der Waals surface area (Å²) in [5, 5.41) is 10.0. The highest BCUT2D eigenvalue weighted by Crippen LogP contribution is 2.45. The largest absolute Gasteiger partial charge is 0.385 e. The molecule has 1 heteroatoms. The molecule has 16 heavy (non-hydrogen) atoms. The van der Waals surface area contributed by atoms with Gasteiger partial charge in [0.2, 0.25) is 0 Å². The lowest BCUT2D eigenvalue weighted by Crippen LogP contribution is -2.07. The molecule has 2 aliphatic carbocycles. The maximum atomic E-state index is 10.0. The summed E-state index contributed by atoms with van der Waals surface area (Å²) in [4.78, 5) is 0. The maximum absolute atomic E-state index is 10.0. The van der Waals surface area contributed by atoms with Crippen molar-refractivity contribution < 1.29 is 5.11 Å². The van der Waals surface area contributed by atoms with Crippen molar-refractivity contribution in [1.29, 1.82) is 0 Å². The Balaban J connectivity index is 1.76.